The Hall–Kier alpha value is -2.84. The molecule has 0 spiro atoms. The highest BCUT2D eigenvalue weighted by molar-refractivity contribution is 6.00. The van der Waals surface area contributed by atoms with Crippen molar-refractivity contribution >= 4 is 11.8 Å². The molecule has 2 rings (SSSR count). The molecule has 38 heavy (non-hydrogen) atoms. The van der Waals surface area contributed by atoms with E-state index in [-0.39, 0.29) is 24.3 Å². The molecule has 6 nitrogen and oxygen atoms in total. The van der Waals surface area contributed by atoms with Crippen LogP contribution in [0.5, 0.6) is 0 Å². The third-order valence-electron chi connectivity index (χ3n) is 6.22. The Morgan fingerprint density at radius 1 is 0.921 bits per heavy atom. The van der Waals surface area contributed by atoms with Gasteiger partial charge in [0.05, 0.1) is 12.1 Å². The number of hydrogen-bond donors (Lipinski definition) is 2. The SMILES string of the molecule is CCCCOCC[C@H](O)[C@H](Cc1cc(F)cc(F)c1)NC(=O)c1cc(C)cc(C(=O)N(CCC)CCC)c1. The van der Waals surface area contributed by atoms with E-state index in [1.807, 2.05) is 20.8 Å². The van der Waals surface area contributed by atoms with Crippen LogP contribution in [0.15, 0.2) is 36.4 Å². The number of aliphatic hydroxyl groups is 1. The van der Waals surface area contributed by atoms with Crippen LogP contribution in [-0.2, 0) is 11.2 Å². The molecule has 2 N–H and O–H groups in total. The Kier molecular flexibility index (Phi) is 13.4. The molecule has 0 heterocycles. The second kappa shape index (κ2) is 16.2. The number of carbonyl (C=O) groups is 2. The maximum atomic E-state index is 13.8. The minimum atomic E-state index is -1.01. The molecule has 2 aromatic rings. The fraction of sp³-hybridized carbons (Fsp3) is 0.533. The topological polar surface area (TPSA) is 78.9 Å². The van der Waals surface area contributed by atoms with Crippen LogP contribution < -0.4 is 5.32 Å². The van der Waals surface area contributed by atoms with Gasteiger partial charge in [-0.15, -0.1) is 0 Å². The smallest absolute Gasteiger partial charge is 0.253 e. The summed E-state index contributed by atoms with van der Waals surface area (Å²) in [7, 11) is 0. The van der Waals surface area contributed by atoms with Gasteiger partial charge in [0.2, 0.25) is 0 Å². The van der Waals surface area contributed by atoms with E-state index in [9.17, 15) is 23.5 Å². The Morgan fingerprint density at radius 3 is 2.16 bits per heavy atom. The molecular weight excluding hydrogens is 490 g/mol. The number of unbranched alkanes of at least 4 members (excludes halogenated alkanes) is 1. The fourth-order valence-electron chi connectivity index (χ4n) is 4.35. The molecule has 0 aliphatic rings. The summed E-state index contributed by atoms with van der Waals surface area (Å²) in [6, 6.07) is 7.32. The van der Waals surface area contributed by atoms with E-state index in [2.05, 4.69) is 12.2 Å². The van der Waals surface area contributed by atoms with Crippen LogP contribution >= 0.6 is 0 Å². The minimum absolute atomic E-state index is 0.0227. The first-order valence-electron chi connectivity index (χ1n) is 13.6. The summed E-state index contributed by atoms with van der Waals surface area (Å²) in [5, 5.41) is 13.7. The minimum Gasteiger partial charge on any atom is -0.391 e. The number of benzene rings is 2. The monoisotopic (exact) mass is 532 g/mol. The zero-order valence-corrected chi connectivity index (χ0v) is 23.1. The van der Waals surface area contributed by atoms with Gasteiger partial charge in [-0.1, -0.05) is 27.2 Å². The quantitative estimate of drug-likeness (QED) is 0.282. The van der Waals surface area contributed by atoms with Gasteiger partial charge in [-0.3, -0.25) is 9.59 Å². The standard InChI is InChI=1S/C30H42F2N2O4/c1-5-8-12-38-13-9-28(35)27(18-22-16-25(31)20-26(32)17-22)33-29(36)23-14-21(4)15-24(19-23)30(37)34(10-6-2)11-7-3/h14-17,19-20,27-28,35H,5-13,18H2,1-4H3,(H,33,36)/t27-,28-/m0/s1. The number of amides is 2. The van der Waals surface area contributed by atoms with Crippen LogP contribution in [0.2, 0.25) is 0 Å². The van der Waals surface area contributed by atoms with E-state index >= 15 is 0 Å². The number of carbonyl (C=O) groups excluding carboxylic acids is 2. The molecule has 0 radical (unpaired) electrons. The molecule has 0 fully saturated rings. The average molecular weight is 533 g/mol. The van der Waals surface area contributed by atoms with Gasteiger partial charge in [-0.2, -0.15) is 0 Å². The van der Waals surface area contributed by atoms with Crippen LogP contribution in [0.3, 0.4) is 0 Å². The zero-order chi connectivity index (χ0) is 28.1. The lowest BCUT2D eigenvalue weighted by molar-refractivity contribution is 0.0564. The van der Waals surface area contributed by atoms with Crippen molar-refractivity contribution in [2.45, 2.75) is 78.4 Å². The average Bonchev–Trinajstić information content (AvgIpc) is 2.86. The number of aliphatic hydroxyl groups excluding tert-OH is 1. The number of aryl methyl sites for hydroxylation is 1. The predicted molar refractivity (Wildman–Crippen MR) is 145 cm³/mol. The molecule has 0 saturated carbocycles. The van der Waals surface area contributed by atoms with Crippen LogP contribution in [0.25, 0.3) is 0 Å². The molecule has 210 valence electrons. The normalized spacial score (nSPS) is 12.7. The maximum absolute atomic E-state index is 13.8. The third kappa shape index (κ3) is 10.1. The molecule has 8 heteroatoms. The van der Waals surface area contributed by atoms with Gasteiger partial charge >= 0.3 is 0 Å². The molecule has 0 aliphatic carbocycles. The molecule has 0 aromatic heterocycles. The summed E-state index contributed by atoms with van der Waals surface area (Å²) in [5.41, 5.74) is 1.77. The van der Waals surface area contributed by atoms with E-state index in [1.165, 1.54) is 12.1 Å². The number of rotatable bonds is 16. The maximum Gasteiger partial charge on any atom is 0.253 e. The Morgan fingerprint density at radius 2 is 1.55 bits per heavy atom. The van der Waals surface area contributed by atoms with Gasteiger partial charge in [0.25, 0.3) is 11.8 Å². The van der Waals surface area contributed by atoms with E-state index in [0.29, 0.717) is 37.4 Å². The van der Waals surface area contributed by atoms with E-state index in [1.54, 1.807) is 23.1 Å². The lowest BCUT2D eigenvalue weighted by Gasteiger charge is -2.25. The summed E-state index contributed by atoms with van der Waals surface area (Å²) in [6.07, 6.45) is 2.80. The molecule has 2 aromatic carbocycles. The van der Waals surface area contributed by atoms with Gasteiger partial charge in [0.1, 0.15) is 11.6 Å². The molecule has 0 unspecified atom stereocenters. The van der Waals surface area contributed by atoms with E-state index in [4.69, 9.17) is 4.74 Å². The van der Waals surface area contributed by atoms with Crippen molar-refractivity contribution in [2.75, 3.05) is 26.3 Å². The van der Waals surface area contributed by atoms with Crippen LogP contribution in [0.1, 0.15) is 84.7 Å². The first-order chi connectivity index (χ1) is 18.2. The summed E-state index contributed by atoms with van der Waals surface area (Å²) >= 11 is 0. The lowest BCUT2D eigenvalue weighted by Crippen LogP contribution is -2.45. The second-order valence-corrected chi connectivity index (χ2v) is 9.76. The van der Waals surface area contributed by atoms with Crippen molar-refractivity contribution in [1.82, 2.24) is 10.2 Å². The lowest BCUT2D eigenvalue weighted by atomic mass is 9.98. The number of halogens is 2. The van der Waals surface area contributed by atoms with Crippen LogP contribution in [-0.4, -0.2) is 60.3 Å². The van der Waals surface area contributed by atoms with E-state index in [0.717, 1.165) is 37.3 Å². The first-order valence-corrected chi connectivity index (χ1v) is 13.6. The number of nitrogens with zero attached hydrogens (tertiary/aromatic N) is 1. The highest BCUT2D eigenvalue weighted by Gasteiger charge is 2.24. The molecule has 0 saturated heterocycles. The molecule has 0 aliphatic heterocycles. The largest absolute Gasteiger partial charge is 0.391 e. The number of hydrogen-bond acceptors (Lipinski definition) is 4. The number of nitrogens with one attached hydrogen (secondary N) is 1. The predicted octanol–water partition coefficient (Wildman–Crippen LogP) is 5.44. The van der Waals surface area contributed by atoms with Crippen LogP contribution in [0.4, 0.5) is 8.78 Å². The Balaban J connectivity index is 2.25. The van der Waals surface area contributed by atoms with Crippen molar-refractivity contribution in [3.8, 4) is 0 Å². The number of ether oxygens (including phenoxy) is 1. The van der Waals surface area contributed by atoms with Gasteiger partial charge in [0.15, 0.2) is 0 Å². The fourth-order valence-corrected chi connectivity index (χ4v) is 4.35. The Labute approximate surface area is 225 Å². The third-order valence-corrected chi connectivity index (χ3v) is 6.22. The van der Waals surface area contributed by atoms with Crippen molar-refractivity contribution < 1.29 is 28.2 Å². The van der Waals surface area contributed by atoms with Gasteiger partial charge in [-0.05, 0) is 80.5 Å². The van der Waals surface area contributed by atoms with Gasteiger partial charge in [0, 0.05) is 43.5 Å². The van der Waals surface area contributed by atoms with Crippen molar-refractivity contribution in [2.24, 2.45) is 0 Å². The molecule has 0 bridgehead atoms. The summed E-state index contributed by atoms with van der Waals surface area (Å²) in [6.45, 7) is 10.00. The molecule has 2 amide bonds. The highest BCUT2D eigenvalue weighted by atomic mass is 19.1. The van der Waals surface area contributed by atoms with Gasteiger partial charge in [-0.25, -0.2) is 8.78 Å². The summed E-state index contributed by atoms with van der Waals surface area (Å²) in [4.78, 5) is 28.2. The summed E-state index contributed by atoms with van der Waals surface area (Å²) < 4.78 is 33.2. The summed E-state index contributed by atoms with van der Waals surface area (Å²) in [5.74, 6) is -2.07. The van der Waals surface area contributed by atoms with Crippen LogP contribution in [0, 0.1) is 18.6 Å². The van der Waals surface area contributed by atoms with E-state index < -0.39 is 29.7 Å². The zero-order valence-electron chi connectivity index (χ0n) is 23.1. The molecule has 2 atom stereocenters. The highest BCUT2D eigenvalue weighted by Crippen LogP contribution is 2.17. The Bertz CT molecular complexity index is 1020. The first kappa shape index (κ1) is 31.4. The molecular formula is C30H42F2N2O4. The van der Waals surface area contributed by atoms with Crippen molar-refractivity contribution in [3.05, 3.63) is 70.3 Å². The van der Waals surface area contributed by atoms with Crippen molar-refractivity contribution in [1.29, 1.82) is 0 Å². The van der Waals surface area contributed by atoms with Gasteiger partial charge < -0.3 is 20.1 Å². The second-order valence-electron chi connectivity index (χ2n) is 9.76. The van der Waals surface area contributed by atoms with Crippen molar-refractivity contribution in [3.63, 3.8) is 0 Å².